The van der Waals surface area contributed by atoms with Gasteiger partial charge >= 0.3 is 5.97 Å². The quantitative estimate of drug-likeness (QED) is 0.672. The average molecular weight is 323 g/mol. The minimum absolute atomic E-state index is 0.136. The standard InChI is InChI=1S/C21H25NO2/c1-13(2)15-5-7-19-17(11-15)18-12-16(14(3)4)6-8-20(18)22(19)10-9-21(23)24/h5-8,11-14H,9-10H2,1-4H3,(H,23,24). The summed E-state index contributed by atoms with van der Waals surface area (Å²) in [4.78, 5) is 11.0. The molecule has 3 aromatic rings. The van der Waals surface area contributed by atoms with Gasteiger partial charge in [0, 0.05) is 28.4 Å². The molecular weight excluding hydrogens is 298 g/mol. The van der Waals surface area contributed by atoms with E-state index in [0.29, 0.717) is 18.4 Å². The van der Waals surface area contributed by atoms with Gasteiger partial charge in [-0.3, -0.25) is 4.79 Å². The van der Waals surface area contributed by atoms with Gasteiger partial charge in [-0.2, -0.15) is 0 Å². The maximum atomic E-state index is 11.0. The SMILES string of the molecule is CC(C)c1ccc2c(c1)c1cc(C(C)C)ccc1n2CCC(=O)O. The Morgan fingerprint density at radius 1 is 0.917 bits per heavy atom. The van der Waals surface area contributed by atoms with Crippen LogP contribution in [-0.4, -0.2) is 15.6 Å². The van der Waals surface area contributed by atoms with Crippen molar-refractivity contribution in [1.82, 2.24) is 4.57 Å². The van der Waals surface area contributed by atoms with E-state index in [4.69, 9.17) is 5.11 Å². The number of rotatable bonds is 5. The van der Waals surface area contributed by atoms with Crippen LogP contribution in [0.4, 0.5) is 0 Å². The lowest BCUT2D eigenvalue weighted by Gasteiger charge is -2.08. The Bertz CT molecular complexity index is 838. The molecule has 126 valence electrons. The van der Waals surface area contributed by atoms with Crippen LogP contribution >= 0.6 is 0 Å². The molecule has 0 saturated carbocycles. The molecule has 0 spiro atoms. The molecule has 0 fully saturated rings. The van der Waals surface area contributed by atoms with E-state index >= 15 is 0 Å². The van der Waals surface area contributed by atoms with Crippen LogP contribution in [0, 0.1) is 0 Å². The van der Waals surface area contributed by atoms with E-state index in [9.17, 15) is 4.79 Å². The van der Waals surface area contributed by atoms with Crippen molar-refractivity contribution in [2.45, 2.75) is 52.5 Å². The smallest absolute Gasteiger partial charge is 0.305 e. The van der Waals surface area contributed by atoms with Crippen LogP contribution in [0.3, 0.4) is 0 Å². The normalized spacial score (nSPS) is 11.9. The highest BCUT2D eigenvalue weighted by molar-refractivity contribution is 6.08. The third-order valence-corrected chi connectivity index (χ3v) is 4.80. The van der Waals surface area contributed by atoms with E-state index < -0.39 is 5.97 Å². The molecule has 1 aromatic heterocycles. The number of nitrogens with zero attached hydrogens (tertiary/aromatic N) is 1. The molecule has 0 aliphatic rings. The zero-order chi connectivity index (χ0) is 17.4. The summed E-state index contributed by atoms with van der Waals surface area (Å²) < 4.78 is 2.15. The molecule has 3 heteroatoms. The Morgan fingerprint density at radius 3 is 1.75 bits per heavy atom. The molecule has 0 amide bonds. The number of benzene rings is 2. The van der Waals surface area contributed by atoms with Crippen molar-refractivity contribution >= 4 is 27.8 Å². The number of carboxylic acid groups (broad SMARTS) is 1. The van der Waals surface area contributed by atoms with Gasteiger partial charge < -0.3 is 9.67 Å². The monoisotopic (exact) mass is 323 g/mol. The summed E-state index contributed by atoms with van der Waals surface area (Å²) in [6.45, 7) is 9.29. The minimum Gasteiger partial charge on any atom is -0.481 e. The van der Waals surface area contributed by atoms with E-state index in [1.807, 2.05) is 0 Å². The number of hydrogen-bond donors (Lipinski definition) is 1. The van der Waals surface area contributed by atoms with Gasteiger partial charge in [0.1, 0.15) is 0 Å². The van der Waals surface area contributed by atoms with Crippen LogP contribution < -0.4 is 0 Å². The topological polar surface area (TPSA) is 42.2 Å². The summed E-state index contributed by atoms with van der Waals surface area (Å²) in [7, 11) is 0. The molecule has 0 aliphatic heterocycles. The van der Waals surface area contributed by atoms with Gasteiger partial charge in [-0.05, 0) is 47.2 Å². The van der Waals surface area contributed by atoms with Crippen molar-refractivity contribution in [3.63, 3.8) is 0 Å². The second kappa shape index (κ2) is 6.31. The Balaban J connectivity index is 2.29. The first-order valence-electron chi connectivity index (χ1n) is 8.66. The van der Waals surface area contributed by atoms with Gasteiger partial charge in [0.15, 0.2) is 0 Å². The highest BCUT2D eigenvalue weighted by atomic mass is 16.4. The van der Waals surface area contributed by atoms with Gasteiger partial charge in [-0.1, -0.05) is 39.8 Å². The molecule has 0 radical (unpaired) electrons. The van der Waals surface area contributed by atoms with Crippen molar-refractivity contribution in [3.05, 3.63) is 47.5 Å². The minimum atomic E-state index is -0.761. The first kappa shape index (κ1) is 16.6. The van der Waals surface area contributed by atoms with Gasteiger partial charge in [0.2, 0.25) is 0 Å². The summed E-state index contributed by atoms with van der Waals surface area (Å²) in [5, 5.41) is 11.5. The summed E-state index contributed by atoms with van der Waals surface area (Å²) in [5.74, 6) is 0.183. The lowest BCUT2D eigenvalue weighted by Crippen LogP contribution is -2.04. The maximum absolute atomic E-state index is 11.0. The maximum Gasteiger partial charge on any atom is 0.305 e. The molecule has 0 atom stereocenters. The molecule has 1 heterocycles. The molecule has 24 heavy (non-hydrogen) atoms. The van der Waals surface area contributed by atoms with Crippen LogP contribution in [0.15, 0.2) is 36.4 Å². The summed E-state index contributed by atoms with van der Waals surface area (Å²) >= 11 is 0. The highest BCUT2D eigenvalue weighted by Gasteiger charge is 2.14. The first-order valence-corrected chi connectivity index (χ1v) is 8.66. The third-order valence-electron chi connectivity index (χ3n) is 4.80. The highest BCUT2D eigenvalue weighted by Crippen LogP contribution is 2.33. The Labute approximate surface area is 142 Å². The second-order valence-electron chi connectivity index (χ2n) is 7.16. The second-order valence-corrected chi connectivity index (χ2v) is 7.16. The summed E-state index contributed by atoms with van der Waals surface area (Å²) in [6.07, 6.45) is 0.136. The molecular formula is C21H25NO2. The number of aromatic nitrogens is 1. The zero-order valence-corrected chi connectivity index (χ0v) is 14.8. The van der Waals surface area contributed by atoms with Crippen molar-refractivity contribution in [2.75, 3.05) is 0 Å². The van der Waals surface area contributed by atoms with Crippen LogP contribution in [-0.2, 0) is 11.3 Å². The number of carbonyl (C=O) groups is 1. The van der Waals surface area contributed by atoms with Crippen molar-refractivity contribution in [2.24, 2.45) is 0 Å². The molecule has 3 rings (SSSR count). The predicted molar refractivity (Wildman–Crippen MR) is 99.9 cm³/mol. The predicted octanol–water partition coefficient (Wildman–Crippen LogP) is 5.52. The van der Waals surface area contributed by atoms with Crippen LogP contribution in [0.25, 0.3) is 21.8 Å². The Kier molecular flexibility index (Phi) is 4.35. The van der Waals surface area contributed by atoms with E-state index in [-0.39, 0.29) is 6.42 Å². The zero-order valence-electron chi connectivity index (χ0n) is 14.8. The van der Waals surface area contributed by atoms with Gasteiger partial charge in [-0.25, -0.2) is 0 Å². The van der Waals surface area contributed by atoms with E-state index in [1.165, 1.54) is 21.9 Å². The van der Waals surface area contributed by atoms with E-state index in [0.717, 1.165) is 11.0 Å². The lowest BCUT2D eigenvalue weighted by atomic mass is 9.98. The number of carboxylic acids is 1. The fraction of sp³-hybridized carbons (Fsp3) is 0.381. The molecule has 0 unspecified atom stereocenters. The first-order chi connectivity index (χ1) is 11.4. The molecule has 2 aromatic carbocycles. The number of aliphatic carboxylic acids is 1. The number of fused-ring (bicyclic) bond motifs is 3. The number of hydrogen-bond acceptors (Lipinski definition) is 1. The van der Waals surface area contributed by atoms with Crippen LogP contribution in [0.2, 0.25) is 0 Å². The fourth-order valence-electron chi connectivity index (χ4n) is 3.31. The van der Waals surface area contributed by atoms with Crippen LogP contribution in [0.1, 0.15) is 57.1 Å². The molecule has 0 bridgehead atoms. The fourth-order valence-corrected chi connectivity index (χ4v) is 3.31. The van der Waals surface area contributed by atoms with Crippen LogP contribution in [0.5, 0.6) is 0 Å². The van der Waals surface area contributed by atoms with E-state index in [1.54, 1.807) is 0 Å². The Hall–Kier alpha value is -2.29. The van der Waals surface area contributed by atoms with Gasteiger partial charge in [0.05, 0.1) is 6.42 Å². The Morgan fingerprint density at radius 2 is 1.38 bits per heavy atom. The van der Waals surface area contributed by atoms with Crippen molar-refractivity contribution < 1.29 is 9.90 Å². The lowest BCUT2D eigenvalue weighted by molar-refractivity contribution is -0.137. The molecule has 3 nitrogen and oxygen atoms in total. The molecule has 1 N–H and O–H groups in total. The van der Waals surface area contributed by atoms with Crippen molar-refractivity contribution in [1.29, 1.82) is 0 Å². The molecule has 0 aliphatic carbocycles. The van der Waals surface area contributed by atoms with Crippen molar-refractivity contribution in [3.8, 4) is 0 Å². The largest absolute Gasteiger partial charge is 0.481 e. The third kappa shape index (κ3) is 2.91. The van der Waals surface area contributed by atoms with Gasteiger partial charge in [-0.15, -0.1) is 0 Å². The summed E-state index contributed by atoms with van der Waals surface area (Å²) in [5.41, 5.74) is 4.87. The number of aryl methyl sites for hydroxylation is 1. The van der Waals surface area contributed by atoms with E-state index in [2.05, 4.69) is 68.7 Å². The average Bonchev–Trinajstić information content (AvgIpc) is 2.85. The summed E-state index contributed by atoms with van der Waals surface area (Å²) in [6, 6.07) is 13.1. The van der Waals surface area contributed by atoms with Gasteiger partial charge in [0.25, 0.3) is 0 Å². The molecule has 0 saturated heterocycles.